The fourth-order valence-electron chi connectivity index (χ4n) is 2.62. The van der Waals surface area contributed by atoms with E-state index in [2.05, 4.69) is 15.2 Å². The normalized spacial score (nSPS) is 20.7. The number of rotatable bonds is 5. The average molecular weight is 312 g/mol. The lowest BCUT2D eigenvalue weighted by Crippen LogP contribution is -2.47. The zero-order chi connectivity index (χ0) is 15.5. The van der Waals surface area contributed by atoms with Gasteiger partial charge >= 0.3 is 0 Å². The summed E-state index contributed by atoms with van der Waals surface area (Å²) in [5.74, 6) is 0. The van der Waals surface area contributed by atoms with Gasteiger partial charge in [0, 0.05) is 38.1 Å². The molecule has 118 valence electrons. The topological polar surface area (TPSA) is 65.5 Å². The van der Waals surface area contributed by atoms with Crippen LogP contribution >= 0.6 is 0 Å². The van der Waals surface area contributed by atoms with Gasteiger partial charge in [0.25, 0.3) is 0 Å². The van der Waals surface area contributed by atoms with Gasteiger partial charge in [0.1, 0.15) is 4.90 Å². The van der Waals surface area contributed by atoms with E-state index in [1.54, 1.807) is 16.6 Å². The monoisotopic (exact) mass is 312 g/mol. The highest BCUT2D eigenvalue weighted by atomic mass is 32.2. The molecule has 2 rings (SSSR count). The number of hydrogen-bond donors (Lipinski definition) is 1. The van der Waals surface area contributed by atoms with Crippen molar-refractivity contribution in [2.75, 3.05) is 39.0 Å². The van der Waals surface area contributed by atoms with Crippen molar-refractivity contribution < 1.29 is 8.42 Å². The lowest BCUT2D eigenvalue weighted by molar-refractivity contribution is 0.190. The van der Waals surface area contributed by atoms with Gasteiger partial charge in [0.05, 0.1) is 5.69 Å². The second-order valence-corrected chi connectivity index (χ2v) is 7.43. The molecule has 7 heteroatoms. The summed E-state index contributed by atoms with van der Waals surface area (Å²) >= 11 is 0. The Labute approximate surface area is 127 Å². The molecular weight excluding hydrogens is 288 g/mol. The molecule has 1 aromatic heterocycles. The van der Waals surface area contributed by atoms with E-state index in [1.807, 2.05) is 21.0 Å². The van der Waals surface area contributed by atoms with Gasteiger partial charge in [0.2, 0.25) is 10.0 Å². The number of pyridine rings is 1. The third-order valence-electron chi connectivity index (χ3n) is 3.86. The predicted octanol–water partition coefficient (Wildman–Crippen LogP) is 1.23. The summed E-state index contributed by atoms with van der Waals surface area (Å²) in [4.78, 5) is 6.35. The standard InChI is InChI=1S/C14H24N4O2S/c1-4-16-13-7-8-15-10-14(13)21(19,20)18-9-5-6-12(11-18)17(2)3/h7-8,10,12H,4-6,9,11H2,1-3H3,(H,15,16). The van der Waals surface area contributed by atoms with Gasteiger partial charge in [-0.2, -0.15) is 4.31 Å². The van der Waals surface area contributed by atoms with Crippen LogP contribution in [-0.4, -0.2) is 62.4 Å². The van der Waals surface area contributed by atoms with Gasteiger partial charge < -0.3 is 10.2 Å². The van der Waals surface area contributed by atoms with Crippen LogP contribution in [0.15, 0.2) is 23.4 Å². The first kappa shape index (κ1) is 16.2. The summed E-state index contributed by atoms with van der Waals surface area (Å²) in [5.41, 5.74) is 0.625. The Balaban J connectivity index is 2.29. The number of aromatic nitrogens is 1. The number of hydrogen-bond acceptors (Lipinski definition) is 5. The summed E-state index contributed by atoms with van der Waals surface area (Å²) in [6, 6.07) is 1.98. The van der Waals surface area contributed by atoms with Crippen molar-refractivity contribution in [3.63, 3.8) is 0 Å². The van der Waals surface area contributed by atoms with Gasteiger partial charge in [-0.05, 0) is 39.9 Å². The molecule has 6 nitrogen and oxygen atoms in total. The van der Waals surface area contributed by atoms with Crippen molar-refractivity contribution in [3.05, 3.63) is 18.5 Å². The maximum atomic E-state index is 12.9. The minimum Gasteiger partial charge on any atom is -0.384 e. The second-order valence-electron chi connectivity index (χ2n) is 5.52. The molecule has 1 atom stereocenters. The van der Waals surface area contributed by atoms with Crippen LogP contribution in [0.25, 0.3) is 0 Å². The van der Waals surface area contributed by atoms with Crippen molar-refractivity contribution >= 4 is 15.7 Å². The largest absolute Gasteiger partial charge is 0.384 e. The predicted molar refractivity (Wildman–Crippen MR) is 83.9 cm³/mol. The van der Waals surface area contributed by atoms with Gasteiger partial charge in [-0.3, -0.25) is 4.98 Å². The fourth-order valence-corrected chi connectivity index (χ4v) is 4.25. The Morgan fingerprint density at radius 1 is 1.48 bits per heavy atom. The molecule has 0 radical (unpaired) electrons. The fraction of sp³-hybridized carbons (Fsp3) is 0.643. The molecule has 1 N–H and O–H groups in total. The molecule has 0 amide bonds. The molecule has 1 aromatic rings. The SMILES string of the molecule is CCNc1ccncc1S(=O)(=O)N1CCCC(N(C)C)C1. The van der Waals surface area contributed by atoms with Crippen LogP contribution in [0, 0.1) is 0 Å². The molecule has 0 saturated carbocycles. The highest BCUT2D eigenvalue weighted by Gasteiger charge is 2.32. The number of nitrogens with zero attached hydrogens (tertiary/aromatic N) is 3. The van der Waals surface area contributed by atoms with Crippen LogP contribution in [-0.2, 0) is 10.0 Å². The van der Waals surface area contributed by atoms with Crippen molar-refractivity contribution in [2.45, 2.75) is 30.7 Å². The number of likely N-dealkylation sites (N-methyl/N-ethyl adjacent to an activating group) is 1. The van der Waals surface area contributed by atoms with Gasteiger partial charge in [-0.15, -0.1) is 0 Å². The van der Waals surface area contributed by atoms with E-state index >= 15 is 0 Å². The van der Waals surface area contributed by atoms with Crippen LogP contribution in [0.1, 0.15) is 19.8 Å². The third-order valence-corrected chi connectivity index (χ3v) is 5.75. The Bertz CT molecular complexity index is 574. The van der Waals surface area contributed by atoms with Crippen molar-refractivity contribution in [3.8, 4) is 0 Å². The Morgan fingerprint density at radius 2 is 2.24 bits per heavy atom. The third kappa shape index (κ3) is 3.53. The first-order valence-corrected chi connectivity index (χ1v) is 8.75. The lowest BCUT2D eigenvalue weighted by atomic mass is 10.1. The lowest BCUT2D eigenvalue weighted by Gasteiger charge is -2.35. The molecule has 0 bridgehead atoms. The van der Waals surface area contributed by atoms with E-state index in [4.69, 9.17) is 0 Å². The molecule has 21 heavy (non-hydrogen) atoms. The van der Waals surface area contributed by atoms with E-state index in [1.165, 1.54) is 6.20 Å². The van der Waals surface area contributed by atoms with Crippen molar-refractivity contribution in [1.82, 2.24) is 14.2 Å². The zero-order valence-corrected chi connectivity index (χ0v) is 13.7. The summed E-state index contributed by atoms with van der Waals surface area (Å²) in [5, 5.41) is 3.10. The molecule has 1 saturated heterocycles. The maximum absolute atomic E-state index is 12.9. The first-order chi connectivity index (χ1) is 9.96. The van der Waals surface area contributed by atoms with E-state index in [9.17, 15) is 8.42 Å². The Kier molecular flexibility index (Phi) is 5.18. The van der Waals surface area contributed by atoms with Crippen LogP contribution in [0.3, 0.4) is 0 Å². The van der Waals surface area contributed by atoms with E-state index in [0.29, 0.717) is 25.3 Å². The Hall–Kier alpha value is -1.18. The van der Waals surface area contributed by atoms with E-state index in [-0.39, 0.29) is 10.9 Å². The number of anilines is 1. The molecule has 0 aromatic carbocycles. The first-order valence-electron chi connectivity index (χ1n) is 7.31. The minimum absolute atomic E-state index is 0.270. The summed E-state index contributed by atoms with van der Waals surface area (Å²) in [6.07, 6.45) is 4.97. The number of nitrogens with one attached hydrogen (secondary N) is 1. The molecule has 0 aliphatic carbocycles. The smallest absolute Gasteiger partial charge is 0.246 e. The number of sulfonamides is 1. The number of piperidine rings is 1. The highest BCUT2D eigenvalue weighted by molar-refractivity contribution is 7.89. The van der Waals surface area contributed by atoms with Crippen LogP contribution in [0.5, 0.6) is 0 Å². The van der Waals surface area contributed by atoms with Gasteiger partial charge in [0.15, 0.2) is 0 Å². The molecule has 1 aliphatic heterocycles. The summed E-state index contributed by atoms with van der Waals surface area (Å²) in [7, 11) is 0.490. The quantitative estimate of drug-likeness (QED) is 0.886. The van der Waals surface area contributed by atoms with Crippen LogP contribution < -0.4 is 5.32 Å². The molecule has 1 aliphatic rings. The summed E-state index contributed by atoms with van der Waals surface area (Å²) < 4.78 is 27.3. The van der Waals surface area contributed by atoms with Crippen molar-refractivity contribution in [2.24, 2.45) is 0 Å². The van der Waals surface area contributed by atoms with Crippen molar-refractivity contribution in [1.29, 1.82) is 0 Å². The maximum Gasteiger partial charge on any atom is 0.246 e. The van der Waals surface area contributed by atoms with Gasteiger partial charge in [-0.1, -0.05) is 0 Å². The summed E-state index contributed by atoms with van der Waals surface area (Å²) in [6.45, 7) is 3.73. The van der Waals surface area contributed by atoms with E-state index in [0.717, 1.165) is 12.8 Å². The minimum atomic E-state index is -3.50. The second kappa shape index (κ2) is 6.72. The van der Waals surface area contributed by atoms with Crippen LogP contribution in [0.2, 0.25) is 0 Å². The highest BCUT2D eigenvalue weighted by Crippen LogP contribution is 2.26. The molecule has 1 fully saturated rings. The molecule has 1 unspecified atom stereocenters. The van der Waals surface area contributed by atoms with Crippen LogP contribution in [0.4, 0.5) is 5.69 Å². The van der Waals surface area contributed by atoms with E-state index < -0.39 is 10.0 Å². The molecule has 2 heterocycles. The molecule has 0 spiro atoms. The average Bonchev–Trinajstić information content (AvgIpc) is 2.48. The molecular formula is C14H24N4O2S. The zero-order valence-electron chi connectivity index (χ0n) is 12.9. The Morgan fingerprint density at radius 3 is 2.90 bits per heavy atom. The van der Waals surface area contributed by atoms with Gasteiger partial charge in [-0.25, -0.2) is 8.42 Å².